The molecule has 0 spiro atoms. The maximum atomic E-state index is 11.2. The molecule has 1 aliphatic heterocycles. The van der Waals surface area contributed by atoms with Gasteiger partial charge in [0.25, 0.3) is 0 Å². The van der Waals surface area contributed by atoms with Crippen molar-refractivity contribution in [3.63, 3.8) is 0 Å². The van der Waals surface area contributed by atoms with Gasteiger partial charge in [0.1, 0.15) is 17.7 Å². The minimum atomic E-state index is 0.178. The van der Waals surface area contributed by atoms with Crippen LogP contribution in [0.4, 0.5) is 5.82 Å². The second kappa shape index (κ2) is 7.01. The fourth-order valence-corrected chi connectivity index (χ4v) is 2.92. The highest BCUT2D eigenvalue weighted by Crippen LogP contribution is 2.25. The highest BCUT2D eigenvalue weighted by atomic mass is 35.5. The van der Waals surface area contributed by atoms with Gasteiger partial charge >= 0.3 is 0 Å². The van der Waals surface area contributed by atoms with E-state index in [9.17, 15) is 4.79 Å². The standard InChI is InChI=1S/C18H19ClN2O2/c1-13-2-3-14(12-22)18(20-13)21-10-8-17(9-11-21)23-16-6-4-15(19)5-7-16/h2-7,12,17H,8-11H2,1H3. The van der Waals surface area contributed by atoms with Gasteiger partial charge < -0.3 is 9.64 Å². The molecule has 0 atom stereocenters. The Labute approximate surface area is 141 Å². The Bertz CT molecular complexity index is 680. The van der Waals surface area contributed by atoms with E-state index in [-0.39, 0.29) is 6.10 Å². The molecular formula is C18H19ClN2O2. The molecule has 0 N–H and O–H groups in total. The molecule has 0 radical (unpaired) electrons. The number of rotatable bonds is 4. The van der Waals surface area contributed by atoms with Gasteiger partial charge in [-0.15, -0.1) is 0 Å². The van der Waals surface area contributed by atoms with E-state index >= 15 is 0 Å². The number of ether oxygens (including phenoxy) is 1. The van der Waals surface area contributed by atoms with Gasteiger partial charge in [-0.1, -0.05) is 11.6 Å². The summed E-state index contributed by atoms with van der Waals surface area (Å²) >= 11 is 5.89. The van der Waals surface area contributed by atoms with E-state index in [1.807, 2.05) is 43.3 Å². The molecule has 1 aromatic carbocycles. The summed E-state index contributed by atoms with van der Waals surface area (Å²) in [6.07, 6.45) is 2.85. The van der Waals surface area contributed by atoms with Gasteiger partial charge in [-0.05, 0) is 43.3 Å². The molecule has 2 heterocycles. The molecule has 0 bridgehead atoms. The molecule has 0 amide bonds. The van der Waals surface area contributed by atoms with Crippen LogP contribution in [0.25, 0.3) is 0 Å². The molecule has 3 rings (SSSR count). The lowest BCUT2D eigenvalue weighted by molar-refractivity contribution is 0.112. The third-order valence-electron chi connectivity index (χ3n) is 4.03. The van der Waals surface area contributed by atoms with E-state index < -0.39 is 0 Å². The summed E-state index contributed by atoms with van der Waals surface area (Å²) in [4.78, 5) is 17.9. The van der Waals surface area contributed by atoms with Crippen LogP contribution in [0.5, 0.6) is 5.75 Å². The van der Waals surface area contributed by atoms with Gasteiger partial charge in [0.05, 0.1) is 5.56 Å². The maximum absolute atomic E-state index is 11.2. The van der Waals surface area contributed by atoms with Crippen molar-refractivity contribution in [2.24, 2.45) is 0 Å². The Morgan fingerprint density at radius 2 is 1.87 bits per heavy atom. The predicted molar refractivity (Wildman–Crippen MR) is 91.7 cm³/mol. The lowest BCUT2D eigenvalue weighted by Crippen LogP contribution is -2.39. The first-order valence-electron chi connectivity index (χ1n) is 7.76. The van der Waals surface area contributed by atoms with Gasteiger partial charge in [-0.3, -0.25) is 4.79 Å². The maximum Gasteiger partial charge on any atom is 0.153 e. The van der Waals surface area contributed by atoms with E-state index in [1.165, 1.54) is 0 Å². The minimum absolute atomic E-state index is 0.178. The summed E-state index contributed by atoms with van der Waals surface area (Å²) in [5.74, 6) is 1.63. The van der Waals surface area contributed by atoms with E-state index in [0.29, 0.717) is 10.6 Å². The number of pyridine rings is 1. The third kappa shape index (κ3) is 3.82. The average Bonchev–Trinajstić information content (AvgIpc) is 2.58. The molecule has 0 saturated carbocycles. The van der Waals surface area contributed by atoms with Crippen LogP contribution in [-0.4, -0.2) is 30.5 Å². The van der Waals surface area contributed by atoms with Gasteiger partial charge in [0, 0.05) is 36.6 Å². The summed E-state index contributed by atoms with van der Waals surface area (Å²) in [7, 11) is 0. The van der Waals surface area contributed by atoms with Crippen LogP contribution in [0.3, 0.4) is 0 Å². The number of aromatic nitrogens is 1. The van der Waals surface area contributed by atoms with Crippen molar-refractivity contribution in [2.45, 2.75) is 25.9 Å². The Balaban J connectivity index is 1.63. The van der Waals surface area contributed by atoms with E-state index in [1.54, 1.807) is 0 Å². The highest BCUT2D eigenvalue weighted by molar-refractivity contribution is 6.30. The first-order valence-corrected chi connectivity index (χ1v) is 8.13. The van der Waals surface area contributed by atoms with Crippen LogP contribution < -0.4 is 9.64 Å². The predicted octanol–water partition coefficient (Wildman–Crippen LogP) is 3.90. The van der Waals surface area contributed by atoms with Crippen molar-refractivity contribution in [1.82, 2.24) is 4.98 Å². The molecule has 1 saturated heterocycles. The zero-order chi connectivity index (χ0) is 16.2. The van der Waals surface area contributed by atoms with Crippen LogP contribution in [-0.2, 0) is 0 Å². The van der Waals surface area contributed by atoms with Crippen molar-refractivity contribution in [2.75, 3.05) is 18.0 Å². The Hall–Kier alpha value is -2.07. The SMILES string of the molecule is Cc1ccc(C=O)c(N2CCC(Oc3ccc(Cl)cc3)CC2)n1. The van der Waals surface area contributed by atoms with Crippen molar-refractivity contribution in [1.29, 1.82) is 0 Å². The molecule has 2 aromatic rings. The van der Waals surface area contributed by atoms with Crippen molar-refractivity contribution >= 4 is 23.7 Å². The van der Waals surface area contributed by atoms with Crippen LogP contribution in [0.2, 0.25) is 5.02 Å². The average molecular weight is 331 g/mol. The number of aldehydes is 1. The molecule has 120 valence electrons. The number of anilines is 1. The largest absolute Gasteiger partial charge is 0.490 e. The van der Waals surface area contributed by atoms with Crippen LogP contribution >= 0.6 is 11.6 Å². The number of halogens is 1. The summed E-state index contributed by atoms with van der Waals surface area (Å²) in [5.41, 5.74) is 1.57. The smallest absolute Gasteiger partial charge is 0.153 e. The first-order chi connectivity index (χ1) is 11.2. The zero-order valence-electron chi connectivity index (χ0n) is 13.0. The van der Waals surface area contributed by atoms with Gasteiger partial charge in [0.15, 0.2) is 6.29 Å². The monoisotopic (exact) mass is 330 g/mol. The summed E-state index contributed by atoms with van der Waals surface area (Å²) in [6, 6.07) is 11.1. The molecule has 0 aliphatic carbocycles. The summed E-state index contributed by atoms with van der Waals surface area (Å²) < 4.78 is 6.00. The molecule has 5 heteroatoms. The number of carbonyl (C=O) groups excluding carboxylic acids is 1. The van der Waals surface area contributed by atoms with Crippen molar-refractivity contribution < 1.29 is 9.53 Å². The quantitative estimate of drug-likeness (QED) is 0.797. The summed E-state index contributed by atoms with van der Waals surface area (Å²) in [5, 5.41) is 0.707. The number of aryl methyl sites for hydroxylation is 1. The third-order valence-corrected chi connectivity index (χ3v) is 4.28. The number of hydrogen-bond donors (Lipinski definition) is 0. The molecule has 1 aliphatic rings. The van der Waals surface area contributed by atoms with Crippen molar-refractivity contribution in [3.05, 3.63) is 52.7 Å². The molecule has 1 fully saturated rings. The highest BCUT2D eigenvalue weighted by Gasteiger charge is 2.23. The van der Waals surface area contributed by atoms with Crippen molar-refractivity contribution in [3.8, 4) is 5.75 Å². The minimum Gasteiger partial charge on any atom is -0.490 e. The lowest BCUT2D eigenvalue weighted by Gasteiger charge is -2.33. The van der Waals surface area contributed by atoms with E-state index in [0.717, 1.165) is 49.5 Å². The van der Waals surface area contributed by atoms with Crippen LogP contribution in [0.15, 0.2) is 36.4 Å². The molecule has 23 heavy (non-hydrogen) atoms. The number of hydrogen-bond acceptors (Lipinski definition) is 4. The number of carbonyl (C=O) groups is 1. The Morgan fingerprint density at radius 1 is 1.17 bits per heavy atom. The number of piperidine rings is 1. The topological polar surface area (TPSA) is 42.4 Å². The van der Waals surface area contributed by atoms with Gasteiger partial charge in [-0.25, -0.2) is 4.98 Å². The Kier molecular flexibility index (Phi) is 4.82. The lowest BCUT2D eigenvalue weighted by atomic mass is 10.1. The molecule has 0 unspecified atom stereocenters. The zero-order valence-corrected chi connectivity index (χ0v) is 13.8. The fourth-order valence-electron chi connectivity index (χ4n) is 2.79. The normalized spacial score (nSPS) is 15.5. The first kappa shape index (κ1) is 15.8. The van der Waals surface area contributed by atoms with Gasteiger partial charge in [-0.2, -0.15) is 0 Å². The second-order valence-electron chi connectivity index (χ2n) is 5.74. The Morgan fingerprint density at radius 3 is 2.52 bits per heavy atom. The number of nitrogens with zero attached hydrogens (tertiary/aromatic N) is 2. The molecule has 4 nitrogen and oxygen atoms in total. The van der Waals surface area contributed by atoms with Gasteiger partial charge in [0.2, 0.25) is 0 Å². The summed E-state index contributed by atoms with van der Waals surface area (Å²) in [6.45, 7) is 3.60. The van der Waals surface area contributed by atoms with Crippen LogP contribution in [0.1, 0.15) is 28.9 Å². The van der Waals surface area contributed by atoms with Crippen LogP contribution in [0, 0.1) is 6.92 Å². The second-order valence-corrected chi connectivity index (χ2v) is 6.18. The molecular weight excluding hydrogens is 312 g/mol. The number of benzene rings is 1. The van der Waals surface area contributed by atoms with E-state index in [2.05, 4.69) is 9.88 Å². The van der Waals surface area contributed by atoms with E-state index in [4.69, 9.17) is 16.3 Å². The molecule has 1 aromatic heterocycles. The fraction of sp³-hybridized carbons (Fsp3) is 0.333.